The number of nitrogens with zero attached hydrogens (tertiary/aromatic N) is 2. The zero-order valence-corrected chi connectivity index (χ0v) is 9.26. The van der Waals surface area contributed by atoms with Crippen LogP contribution in [0.2, 0.25) is 0 Å². The van der Waals surface area contributed by atoms with Gasteiger partial charge in [0.15, 0.2) is 0 Å². The molecule has 0 unspecified atom stereocenters. The van der Waals surface area contributed by atoms with Crippen LogP contribution < -0.4 is 5.32 Å². The van der Waals surface area contributed by atoms with E-state index in [2.05, 4.69) is 10.3 Å². The Kier molecular flexibility index (Phi) is 3.54. The molecule has 1 aromatic rings. The maximum Gasteiger partial charge on any atom is 0.409 e. The van der Waals surface area contributed by atoms with Crippen LogP contribution in [0.5, 0.6) is 0 Å². The topological polar surface area (TPSA) is 71.5 Å². The van der Waals surface area contributed by atoms with E-state index in [-0.39, 0.29) is 12.0 Å². The Morgan fingerprint density at radius 1 is 1.53 bits per heavy atom. The SMILES string of the molecule is O=C(NCCN1CCOC1=O)c1ccccn1. The predicted octanol–water partition coefficient (Wildman–Crippen LogP) is 0.264. The molecule has 2 heterocycles. The predicted molar refractivity (Wildman–Crippen MR) is 59.5 cm³/mol. The van der Waals surface area contributed by atoms with Gasteiger partial charge in [-0.1, -0.05) is 6.07 Å². The van der Waals surface area contributed by atoms with Crippen LogP contribution in [-0.2, 0) is 4.74 Å². The Labute approximate surface area is 98.6 Å². The Hall–Kier alpha value is -2.11. The van der Waals surface area contributed by atoms with Gasteiger partial charge in [-0.15, -0.1) is 0 Å². The van der Waals surface area contributed by atoms with E-state index in [1.807, 2.05) is 0 Å². The summed E-state index contributed by atoms with van der Waals surface area (Å²) >= 11 is 0. The van der Waals surface area contributed by atoms with Crippen molar-refractivity contribution in [3.8, 4) is 0 Å². The number of carbonyl (C=O) groups excluding carboxylic acids is 2. The molecule has 1 N–H and O–H groups in total. The van der Waals surface area contributed by atoms with Gasteiger partial charge in [0.2, 0.25) is 0 Å². The lowest BCUT2D eigenvalue weighted by molar-refractivity contribution is 0.0944. The van der Waals surface area contributed by atoms with E-state index >= 15 is 0 Å². The molecule has 1 aromatic heterocycles. The van der Waals surface area contributed by atoms with E-state index < -0.39 is 0 Å². The number of amides is 2. The first-order valence-corrected chi connectivity index (χ1v) is 5.38. The van der Waals surface area contributed by atoms with Crippen LogP contribution in [0.15, 0.2) is 24.4 Å². The molecule has 2 amide bonds. The van der Waals surface area contributed by atoms with Crippen LogP contribution in [0.25, 0.3) is 0 Å². The molecule has 0 saturated carbocycles. The first-order valence-electron chi connectivity index (χ1n) is 5.38. The maximum absolute atomic E-state index is 11.6. The number of cyclic esters (lactones) is 1. The van der Waals surface area contributed by atoms with E-state index in [0.717, 1.165) is 0 Å². The zero-order valence-electron chi connectivity index (χ0n) is 9.26. The van der Waals surface area contributed by atoms with Crippen molar-refractivity contribution in [3.63, 3.8) is 0 Å². The quantitative estimate of drug-likeness (QED) is 0.812. The number of hydrogen-bond acceptors (Lipinski definition) is 4. The summed E-state index contributed by atoms with van der Waals surface area (Å²) in [6.45, 7) is 1.85. The average molecular weight is 235 g/mol. The first kappa shape index (κ1) is 11.4. The second-order valence-electron chi connectivity index (χ2n) is 3.57. The molecule has 90 valence electrons. The van der Waals surface area contributed by atoms with Crippen molar-refractivity contribution in [3.05, 3.63) is 30.1 Å². The summed E-state index contributed by atoms with van der Waals surface area (Å²) in [5.74, 6) is -0.238. The summed E-state index contributed by atoms with van der Waals surface area (Å²) < 4.78 is 4.77. The third-order valence-electron chi connectivity index (χ3n) is 2.41. The molecule has 0 aromatic carbocycles. The average Bonchev–Trinajstić information content (AvgIpc) is 2.76. The number of pyridine rings is 1. The molecular weight excluding hydrogens is 222 g/mol. The summed E-state index contributed by atoms with van der Waals surface area (Å²) in [6, 6.07) is 5.14. The number of nitrogens with one attached hydrogen (secondary N) is 1. The molecule has 1 saturated heterocycles. The Balaban J connectivity index is 1.75. The molecule has 17 heavy (non-hydrogen) atoms. The van der Waals surface area contributed by atoms with Gasteiger partial charge in [0.25, 0.3) is 5.91 Å². The molecule has 0 atom stereocenters. The number of rotatable bonds is 4. The second-order valence-corrected chi connectivity index (χ2v) is 3.57. The highest BCUT2D eigenvalue weighted by molar-refractivity contribution is 5.92. The number of hydrogen-bond donors (Lipinski definition) is 1. The summed E-state index contributed by atoms with van der Waals surface area (Å²) in [7, 11) is 0. The molecule has 1 aliphatic heterocycles. The third-order valence-corrected chi connectivity index (χ3v) is 2.41. The number of aromatic nitrogens is 1. The van der Waals surface area contributed by atoms with E-state index in [4.69, 9.17) is 4.74 Å². The van der Waals surface area contributed by atoms with E-state index in [1.165, 1.54) is 0 Å². The Morgan fingerprint density at radius 2 is 2.41 bits per heavy atom. The largest absolute Gasteiger partial charge is 0.448 e. The summed E-state index contributed by atoms with van der Waals surface area (Å²) in [5, 5.41) is 2.70. The molecule has 0 aliphatic carbocycles. The van der Waals surface area contributed by atoms with Gasteiger partial charge in [-0.05, 0) is 12.1 Å². The van der Waals surface area contributed by atoms with Gasteiger partial charge in [-0.3, -0.25) is 9.78 Å². The molecule has 0 bridgehead atoms. The van der Waals surface area contributed by atoms with Crippen molar-refractivity contribution in [1.82, 2.24) is 15.2 Å². The van der Waals surface area contributed by atoms with Gasteiger partial charge in [0, 0.05) is 19.3 Å². The lowest BCUT2D eigenvalue weighted by Gasteiger charge is -2.12. The van der Waals surface area contributed by atoms with Crippen LogP contribution in [0.3, 0.4) is 0 Å². The molecule has 0 spiro atoms. The lowest BCUT2D eigenvalue weighted by atomic mass is 10.3. The van der Waals surface area contributed by atoms with E-state index in [0.29, 0.717) is 31.9 Å². The lowest BCUT2D eigenvalue weighted by Crippen LogP contribution is -2.35. The number of carbonyl (C=O) groups is 2. The zero-order chi connectivity index (χ0) is 12.1. The van der Waals surface area contributed by atoms with Crippen molar-refractivity contribution in [2.45, 2.75) is 0 Å². The van der Waals surface area contributed by atoms with Crippen molar-refractivity contribution in [1.29, 1.82) is 0 Å². The van der Waals surface area contributed by atoms with Crippen molar-refractivity contribution in [2.75, 3.05) is 26.2 Å². The van der Waals surface area contributed by atoms with Crippen LogP contribution >= 0.6 is 0 Å². The summed E-state index contributed by atoms with van der Waals surface area (Å²) in [5.41, 5.74) is 0.372. The second kappa shape index (κ2) is 5.29. The minimum Gasteiger partial charge on any atom is -0.448 e. The first-order chi connectivity index (χ1) is 8.27. The van der Waals surface area contributed by atoms with Gasteiger partial charge in [0.1, 0.15) is 12.3 Å². The van der Waals surface area contributed by atoms with Crippen LogP contribution in [0.4, 0.5) is 4.79 Å². The summed E-state index contributed by atoms with van der Waals surface area (Å²) in [4.78, 5) is 28.2. The fourth-order valence-electron chi connectivity index (χ4n) is 1.52. The maximum atomic E-state index is 11.6. The van der Waals surface area contributed by atoms with E-state index in [1.54, 1.807) is 29.3 Å². The fraction of sp³-hybridized carbons (Fsp3) is 0.364. The standard InChI is InChI=1S/C11H13N3O3/c15-10(9-3-1-2-4-12-9)13-5-6-14-7-8-17-11(14)16/h1-4H,5-8H2,(H,13,15). The minimum absolute atomic E-state index is 0.238. The third kappa shape index (κ3) is 2.93. The van der Waals surface area contributed by atoms with Gasteiger partial charge >= 0.3 is 6.09 Å². The van der Waals surface area contributed by atoms with Crippen LogP contribution in [0, 0.1) is 0 Å². The molecule has 2 rings (SSSR count). The van der Waals surface area contributed by atoms with E-state index in [9.17, 15) is 9.59 Å². The molecule has 0 radical (unpaired) electrons. The fourth-order valence-corrected chi connectivity index (χ4v) is 1.52. The minimum atomic E-state index is -0.322. The van der Waals surface area contributed by atoms with Crippen molar-refractivity contribution >= 4 is 12.0 Å². The molecule has 1 fully saturated rings. The highest BCUT2D eigenvalue weighted by Gasteiger charge is 2.21. The van der Waals surface area contributed by atoms with Crippen LogP contribution in [-0.4, -0.2) is 48.1 Å². The van der Waals surface area contributed by atoms with Gasteiger partial charge in [0.05, 0.1) is 6.54 Å². The molecule has 1 aliphatic rings. The van der Waals surface area contributed by atoms with Gasteiger partial charge in [-0.2, -0.15) is 0 Å². The molecule has 6 heteroatoms. The highest BCUT2D eigenvalue weighted by Crippen LogP contribution is 2.01. The highest BCUT2D eigenvalue weighted by atomic mass is 16.6. The van der Waals surface area contributed by atoms with Crippen molar-refractivity contribution < 1.29 is 14.3 Å². The monoisotopic (exact) mass is 235 g/mol. The Bertz CT molecular complexity index is 408. The normalized spacial score (nSPS) is 14.6. The van der Waals surface area contributed by atoms with Crippen LogP contribution in [0.1, 0.15) is 10.5 Å². The van der Waals surface area contributed by atoms with Crippen molar-refractivity contribution in [2.24, 2.45) is 0 Å². The number of ether oxygens (including phenoxy) is 1. The Morgan fingerprint density at radius 3 is 3.06 bits per heavy atom. The van der Waals surface area contributed by atoms with Gasteiger partial charge < -0.3 is 15.0 Å². The molecular formula is C11H13N3O3. The van der Waals surface area contributed by atoms with Gasteiger partial charge in [-0.25, -0.2) is 4.79 Å². The smallest absolute Gasteiger partial charge is 0.409 e. The summed E-state index contributed by atoms with van der Waals surface area (Å²) in [6.07, 6.45) is 1.24. The molecule has 6 nitrogen and oxygen atoms in total.